The van der Waals surface area contributed by atoms with Crippen molar-refractivity contribution in [2.24, 2.45) is 5.92 Å². The second-order valence-corrected chi connectivity index (χ2v) is 6.00. The van der Waals surface area contributed by atoms with Crippen LogP contribution >= 0.6 is 0 Å². The molecule has 2 rings (SSSR count). The van der Waals surface area contributed by atoms with Crippen LogP contribution < -0.4 is 5.32 Å². The number of hydrogen-bond donors (Lipinski definition) is 2. The topological polar surface area (TPSA) is 87.3 Å². The van der Waals surface area contributed by atoms with E-state index in [2.05, 4.69) is 20.0 Å². The third-order valence-corrected chi connectivity index (χ3v) is 3.97. The van der Waals surface area contributed by atoms with E-state index in [1.807, 2.05) is 34.6 Å². The number of amides is 2. The molecule has 24 heavy (non-hydrogen) atoms. The van der Waals surface area contributed by atoms with Gasteiger partial charge in [0, 0.05) is 18.4 Å². The van der Waals surface area contributed by atoms with Gasteiger partial charge in [-0.25, -0.2) is 9.78 Å². The summed E-state index contributed by atoms with van der Waals surface area (Å²) in [7, 11) is 1.29. The van der Waals surface area contributed by atoms with Gasteiger partial charge < -0.3 is 19.9 Å². The fourth-order valence-corrected chi connectivity index (χ4v) is 2.80. The Morgan fingerprint density at radius 2 is 2.08 bits per heavy atom. The summed E-state index contributed by atoms with van der Waals surface area (Å²) in [5, 5.41) is 2.64. The van der Waals surface area contributed by atoms with Crippen LogP contribution in [0.3, 0.4) is 0 Å². The molecular formula is C17H30N4O3. The number of rotatable bonds is 4. The minimum absolute atomic E-state index is 0.0220. The molecule has 0 spiro atoms. The number of aromatic nitrogens is 2. The summed E-state index contributed by atoms with van der Waals surface area (Å²) in [5.74, 6) is 0.701. The molecule has 1 fully saturated rings. The quantitative estimate of drug-likeness (QED) is 0.884. The summed E-state index contributed by atoms with van der Waals surface area (Å²) < 4.78 is 4.62. The minimum atomic E-state index is -0.593. The summed E-state index contributed by atoms with van der Waals surface area (Å²) in [6.07, 6.45) is 2.99. The van der Waals surface area contributed by atoms with Gasteiger partial charge in [-0.05, 0) is 25.7 Å². The monoisotopic (exact) mass is 338 g/mol. The number of likely N-dealkylation sites (tertiary alicyclic amines) is 1. The summed E-state index contributed by atoms with van der Waals surface area (Å²) in [6, 6.07) is -0.647. The molecule has 0 aromatic carbocycles. The Morgan fingerprint density at radius 3 is 2.58 bits per heavy atom. The van der Waals surface area contributed by atoms with Gasteiger partial charge >= 0.3 is 6.09 Å². The van der Waals surface area contributed by atoms with E-state index in [0.29, 0.717) is 6.54 Å². The number of H-pyrrole nitrogens is 1. The molecule has 136 valence electrons. The molecule has 2 N–H and O–H groups in total. The number of imidazole rings is 1. The zero-order valence-corrected chi connectivity index (χ0v) is 15.5. The molecule has 0 bridgehead atoms. The Kier molecular flexibility index (Phi) is 7.74. The number of carbonyl (C=O) groups excluding carboxylic acids is 2. The first-order chi connectivity index (χ1) is 11.4. The van der Waals surface area contributed by atoms with Crippen LogP contribution in [0.1, 0.15) is 58.1 Å². The van der Waals surface area contributed by atoms with E-state index in [1.54, 1.807) is 11.1 Å². The van der Waals surface area contributed by atoms with Crippen molar-refractivity contribution in [2.75, 3.05) is 13.7 Å². The molecule has 1 aromatic rings. The molecule has 1 aliphatic heterocycles. The van der Waals surface area contributed by atoms with Gasteiger partial charge in [-0.1, -0.05) is 27.7 Å². The maximum Gasteiger partial charge on any atom is 0.407 e. The number of alkyl carbamates (subject to hydrolysis) is 1. The van der Waals surface area contributed by atoms with Crippen LogP contribution in [0.4, 0.5) is 4.79 Å². The van der Waals surface area contributed by atoms with Gasteiger partial charge in [0.25, 0.3) is 0 Å². The Bertz CT molecular complexity index is 542. The first-order valence-electron chi connectivity index (χ1n) is 8.60. The zero-order chi connectivity index (χ0) is 18.3. The highest BCUT2D eigenvalue weighted by atomic mass is 16.5. The highest BCUT2D eigenvalue weighted by Gasteiger charge is 2.37. The van der Waals surface area contributed by atoms with Gasteiger partial charge in [0.15, 0.2) is 0 Å². The van der Waals surface area contributed by atoms with Gasteiger partial charge in [-0.2, -0.15) is 0 Å². The van der Waals surface area contributed by atoms with Gasteiger partial charge in [0.2, 0.25) is 5.91 Å². The molecule has 2 heterocycles. The van der Waals surface area contributed by atoms with Crippen LogP contribution in [-0.4, -0.2) is 46.6 Å². The number of hydrogen-bond acceptors (Lipinski definition) is 4. The van der Waals surface area contributed by atoms with E-state index in [9.17, 15) is 9.59 Å². The van der Waals surface area contributed by atoms with Crippen molar-refractivity contribution in [3.8, 4) is 0 Å². The second-order valence-electron chi connectivity index (χ2n) is 6.00. The molecule has 0 aliphatic carbocycles. The van der Waals surface area contributed by atoms with Gasteiger partial charge in [0.05, 0.1) is 13.2 Å². The molecule has 1 saturated heterocycles. The van der Waals surface area contributed by atoms with Crippen LogP contribution in [0, 0.1) is 12.8 Å². The first-order valence-corrected chi connectivity index (χ1v) is 8.60. The first kappa shape index (κ1) is 20.0. The molecule has 2 unspecified atom stereocenters. The van der Waals surface area contributed by atoms with Crippen molar-refractivity contribution >= 4 is 12.0 Å². The third kappa shape index (κ3) is 4.72. The molecular weight excluding hydrogens is 308 g/mol. The lowest BCUT2D eigenvalue weighted by Gasteiger charge is -2.29. The zero-order valence-electron chi connectivity index (χ0n) is 15.5. The standard InChI is InChI=1S/C15H24N4O3.C2H6/c1-9(2)12(18-15(21)22-4)14(20)19-7-5-6-11(19)13-16-8-10(3)17-13;1-2/h8-9,11-12H,5-7H2,1-4H3,(H,16,17)(H,18,21);1-2H3. The van der Waals surface area contributed by atoms with Gasteiger partial charge in [-0.3, -0.25) is 4.79 Å². The normalized spacial score (nSPS) is 18.0. The van der Waals surface area contributed by atoms with Crippen LogP contribution in [0.5, 0.6) is 0 Å². The van der Waals surface area contributed by atoms with Crippen molar-refractivity contribution in [1.82, 2.24) is 20.2 Å². The lowest BCUT2D eigenvalue weighted by Crippen LogP contribution is -2.51. The van der Waals surface area contributed by atoms with Crippen molar-refractivity contribution in [3.05, 3.63) is 17.7 Å². The maximum absolute atomic E-state index is 12.8. The van der Waals surface area contributed by atoms with E-state index < -0.39 is 12.1 Å². The average molecular weight is 338 g/mol. The number of aromatic amines is 1. The van der Waals surface area contributed by atoms with E-state index in [0.717, 1.165) is 24.4 Å². The predicted molar refractivity (Wildman–Crippen MR) is 92.5 cm³/mol. The fraction of sp³-hybridized carbons (Fsp3) is 0.706. The summed E-state index contributed by atoms with van der Waals surface area (Å²) in [5.41, 5.74) is 0.974. The maximum atomic E-state index is 12.8. The Morgan fingerprint density at radius 1 is 1.42 bits per heavy atom. The van der Waals surface area contributed by atoms with Crippen molar-refractivity contribution < 1.29 is 14.3 Å². The van der Waals surface area contributed by atoms with E-state index >= 15 is 0 Å². The number of methoxy groups -OCH3 is 1. The Labute approximate surface area is 144 Å². The minimum Gasteiger partial charge on any atom is -0.453 e. The molecule has 2 atom stereocenters. The third-order valence-electron chi connectivity index (χ3n) is 3.97. The fourth-order valence-electron chi connectivity index (χ4n) is 2.80. The van der Waals surface area contributed by atoms with Crippen LogP contribution in [0.25, 0.3) is 0 Å². The average Bonchev–Trinajstić information content (AvgIpc) is 3.21. The molecule has 0 saturated carbocycles. The number of aryl methyl sites for hydroxylation is 1. The van der Waals surface area contributed by atoms with Crippen molar-refractivity contribution in [2.45, 2.75) is 59.5 Å². The van der Waals surface area contributed by atoms with E-state index in [-0.39, 0.29) is 17.9 Å². The Hall–Kier alpha value is -2.05. The van der Waals surface area contributed by atoms with Crippen molar-refractivity contribution in [1.29, 1.82) is 0 Å². The summed E-state index contributed by atoms with van der Waals surface area (Å²) >= 11 is 0. The largest absolute Gasteiger partial charge is 0.453 e. The highest BCUT2D eigenvalue weighted by Crippen LogP contribution is 2.31. The molecule has 0 radical (unpaired) electrons. The highest BCUT2D eigenvalue weighted by molar-refractivity contribution is 5.86. The molecule has 2 amide bonds. The predicted octanol–water partition coefficient (Wildman–Crippen LogP) is 2.79. The lowest BCUT2D eigenvalue weighted by atomic mass is 10.0. The van der Waals surface area contributed by atoms with Crippen LogP contribution in [0.15, 0.2) is 6.20 Å². The molecule has 7 nitrogen and oxygen atoms in total. The SMILES string of the molecule is CC.COC(=O)NC(C(=O)N1CCCC1c1ncc(C)[nH]1)C(C)C. The summed E-state index contributed by atoms with van der Waals surface area (Å²) in [6.45, 7) is 10.4. The number of carbonyl (C=O) groups is 2. The molecule has 1 aliphatic rings. The Balaban J connectivity index is 0.00000139. The molecule has 1 aromatic heterocycles. The second kappa shape index (κ2) is 9.30. The van der Waals surface area contributed by atoms with Crippen LogP contribution in [0.2, 0.25) is 0 Å². The smallest absolute Gasteiger partial charge is 0.407 e. The lowest BCUT2D eigenvalue weighted by molar-refractivity contribution is -0.135. The number of ether oxygens (including phenoxy) is 1. The number of nitrogens with zero attached hydrogens (tertiary/aromatic N) is 2. The van der Waals surface area contributed by atoms with Gasteiger partial charge in [0.1, 0.15) is 11.9 Å². The number of nitrogens with one attached hydrogen (secondary N) is 2. The van der Waals surface area contributed by atoms with Gasteiger partial charge in [-0.15, -0.1) is 0 Å². The van der Waals surface area contributed by atoms with Crippen molar-refractivity contribution in [3.63, 3.8) is 0 Å². The molecule has 7 heteroatoms. The van der Waals surface area contributed by atoms with Crippen LogP contribution in [-0.2, 0) is 9.53 Å². The van der Waals surface area contributed by atoms with E-state index in [1.165, 1.54) is 7.11 Å². The van der Waals surface area contributed by atoms with E-state index in [4.69, 9.17) is 0 Å². The summed E-state index contributed by atoms with van der Waals surface area (Å²) in [4.78, 5) is 33.7.